The van der Waals surface area contributed by atoms with E-state index in [1.54, 1.807) is 0 Å². The summed E-state index contributed by atoms with van der Waals surface area (Å²) >= 11 is 0. The Morgan fingerprint density at radius 2 is 1.64 bits per heavy atom. The zero-order valence-electron chi connectivity index (χ0n) is 8.65. The van der Waals surface area contributed by atoms with E-state index >= 15 is 0 Å². The Hall–Kier alpha value is -0.860. The second-order valence-corrected chi connectivity index (χ2v) is 4.37. The third-order valence-electron chi connectivity index (χ3n) is 3.05. The number of piperidine rings is 1. The molecule has 0 radical (unpaired) electrons. The highest BCUT2D eigenvalue weighted by Crippen LogP contribution is 2.17. The van der Waals surface area contributed by atoms with Crippen molar-refractivity contribution in [3.63, 3.8) is 0 Å². The van der Waals surface area contributed by atoms with E-state index in [4.69, 9.17) is 5.84 Å². The zero-order valence-corrected chi connectivity index (χ0v) is 8.65. The van der Waals surface area contributed by atoms with Crippen molar-refractivity contribution in [1.82, 2.24) is 0 Å². The molecule has 2 N–H and O–H groups in total. The summed E-state index contributed by atoms with van der Waals surface area (Å²) in [5.41, 5.74) is 1.36. The first-order valence-electron chi connectivity index (χ1n) is 5.47. The number of nitrogens with zero attached hydrogens (tertiary/aromatic N) is 1. The molecule has 0 atom stereocenters. The molecular formula is C12H19N2+. The van der Waals surface area contributed by atoms with Crippen LogP contribution in [0.2, 0.25) is 0 Å². The molecule has 2 nitrogen and oxygen atoms in total. The van der Waals surface area contributed by atoms with Crippen LogP contribution in [0.15, 0.2) is 30.3 Å². The Balaban J connectivity index is 2.02. The third kappa shape index (κ3) is 2.34. The Morgan fingerprint density at radius 3 is 2.29 bits per heavy atom. The van der Waals surface area contributed by atoms with Crippen molar-refractivity contribution in [3.8, 4) is 0 Å². The van der Waals surface area contributed by atoms with E-state index in [-0.39, 0.29) is 0 Å². The molecule has 0 unspecified atom stereocenters. The molecule has 1 heterocycles. The van der Waals surface area contributed by atoms with Gasteiger partial charge in [-0.15, -0.1) is 0 Å². The molecule has 1 saturated heterocycles. The summed E-state index contributed by atoms with van der Waals surface area (Å²) in [5.74, 6) is 6.33. The summed E-state index contributed by atoms with van der Waals surface area (Å²) in [6, 6.07) is 10.6. The molecule has 1 fully saturated rings. The number of quaternary nitrogens is 1. The summed E-state index contributed by atoms with van der Waals surface area (Å²) in [7, 11) is 0. The lowest BCUT2D eigenvalue weighted by atomic mass is 10.1. The monoisotopic (exact) mass is 191 g/mol. The summed E-state index contributed by atoms with van der Waals surface area (Å²) in [6.07, 6.45) is 3.92. The van der Waals surface area contributed by atoms with Crippen LogP contribution in [0.5, 0.6) is 0 Å². The number of likely N-dealkylation sites (tertiary alicyclic amines) is 1. The van der Waals surface area contributed by atoms with Gasteiger partial charge in [0.1, 0.15) is 6.54 Å². The fraction of sp³-hybridized carbons (Fsp3) is 0.500. The van der Waals surface area contributed by atoms with Gasteiger partial charge in [-0.05, 0) is 19.3 Å². The van der Waals surface area contributed by atoms with Gasteiger partial charge in [0.2, 0.25) is 0 Å². The predicted octanol–water partition coefficient (Wildman–Crippen LogP) is 2.06. The zero-order chi connectivity index (χ0) is 9.86. The highest BCUT2D eigenvalue weighted by molar-refractivity contribution is 5.13. The van der Waals surface area contributed by atoms with E-state index in [1.165, 1.54) is 24.8 Å². The normalized spacial score (nSPS) is 20.6. The fourth-order valence-electron chi connectivity index (χ4n) is 2.25. The standard InChI is InChI=1S/C12H19N2/c13-14(9-5-2-6-10-14)11-12-7-3-1-4-8-12/h1,3-4,7-8H,2,5-6,9-11,13H2/q+1. The Labute approximate surface area is 85.9 Å². The van der Waals surface area contributed by atoms with Gasteiger partial charge in [0, 0.05) is 5.56 Å². The average molecular weight is 191 g/mol. The largest absolute Gasteiger partial charge is 0.244 e. The molecule has 0 saturated carbocycles. The molecule has 14 heavy (non-hydrogen) atoms. The smallest absolute Gasteiger partial charge is 0.122 e. The predicted molar refractivity (Wildman–Crippen MR) is 58.2 cm³/mol. The molecule has 76 valence electrons. The van der Waals surface area contributed by atoms with Crippen LogP contribution in [0.1, 0.15) is 24.8 Å². The maximum absolute atomic E-state index is 6.33. The van der Waals surface area contributed by atoms with Gasteiger partial charge in [-0.1, -0.05) is 30.3 Å². The van der Waals surface area contributed by atoms with Crippen LogP contribution < -0.4 is 5.84 Å². The molecule has 1 aliphatic rings. The number of hydrogen-bond donors (Lipinski definition) is 1. The molecule has 2 rings (SSSR count). The topological polar surface area (TPSA) is 26.0 Å². The molecule has 0 amide bonds. The van der Waals surface area contributed by atoms with Gasteiger partial charge in [0.25, 0.3) is 0 Å². The van der Waals surface area contributed by atoms with Crippen molar-refractivity contribution >= 4 is 0 Å². The number of hydrogen-bond acceptors (Lipinski definition) is 1. The molecule has 0 spiro atoms. The van der Waals surface area contributed by atoms with Crippen molar-refractivity contribution in [1.29, 1.82) is 0 Å². The first-order valence-corrected chi connectivity index (χ1v) is 5.47. The lowest BCUT2D eigenvalue weighted by Gasteiger charge is -2.36. The van der Waals surface area contributed by atoms with Crippen LogP contribution in [-0.4, -0.2) is 17.7 Å². The summed E-state index contributed by atoms with van der Waals surface area (Å²) in [4.78, 5) is 0. The van der Waals surface area contributed by atoms with Crippen LogP contribution in [-0.2, 0) is 6.54 Å². The van der Waals surface area contributed by atoms with E-state index in [9.17, 15) is 0 Å². The molecule has 0 aromatic heterocycles. The lowest BCUT2D eigenvalue weighted by Crippen LogP contribution is -2.56. The maximum Gasteiger partial charge on any atom is 0.122 e. The van der Waals surface area contributed by atoms with Gasteiger partial charge in [-0.3, -0.25) is 0 Å². The molecule has 0 aliphatic carbocycles. The van der Waals surface area contributed by atoms with E-state index in [1.807, 2.05) is 0 Å². The SMILES string of the molecule is N[N+]1(Cc2ccccc2)CCCCC1. The van der Waals surface area contributed by atoms with Crippen molar-refractivity contribution < 1.29 is 4.59 Å². The molecule has 2 heteroatoms. The molecule has 1 aromatic rings. The number of benzene rings is 1. The quantitative estimate of drug-likeness (QED) is 0.562. The molecule has 1 aliphatic heterocycles. The van der Waals surface area contributed by atoms with E-state index in [0.717, 1.165) is 24.2 Å². The van der Waals surface area contributed by atoms with Crippen LogP contribution >= 0.6 is 0 Å². The van der Waals surface area contributed by atoms with Crippen molar-refractivity contribution in [2.24, 2.45) is 5.84 Å². The summed E-state index contributed by atoms with van der Waals surface area (Å²) in [6.45, 7) is 3.25. The van der Waals surface area contributed by atoms with Crippen LogP contribution in [0, 0.1) is 0 Å². The van der Waals surface area contributed by atoms with E-state index in [2.05, 4.69) is 30.3 Å². The summed E-state index contributed by atoms with van der Waals surface area (Å²) < 4.78 is 0.740. The van der Waals surface area contributed by atoms with Gasteiger partial charge in [0.15, 0.2) is 0 Å². The van der Waals surface area contributed by atoms with Gasteiger partial charge < -0.3 is 0 Å². The van der Waals surface area contributed by atoms with Crippen LogP contribution in [0.3, 0.4) is 0 Å². The van der Waals surface area contributed by atoms with Crippen molar-refractivity contribution in [2.75, 3.05) is 13.1 Å². The Kier molecular flexibility index (Phi) is 2.85. The minimum atomic E-state index is 0.740. The highest BCUT2D eigenvalue weighted by atomic mass is 15.6. The lowest BCUT2D eigenvalue weighted by molar-refractivity contribution is -0.956. The van der Waals surface area contributed by atoms with Gasteiger partial charge >= 0.3 is 0 Å². The van der Waals surface area contributed by atoms with Crippen molar-refractivity contribution in [3.05, 3.63) is 35.9 Å². The Morgan fingerprint density at radius 1 is 1.00 bits per heavy atom. The van der Waals surface area contributed by atoms with Crippen LogP contribution in [0.4, 0.5) is 0 Å². The molecular weight excluding hydrogens is 172 g/mol. The average Bonchev–Trinajstić information content (AvgIpc) is 2.19. The van der Waals surface area contributed by atoms with Crippen LogP contribution in [0.25, 0.3) is 0 Å². The number of nitrogens with two attached hydrogens (primary N) is 1. The number of rotatable bonds is 2. The van der Waals surface area contributed by atoms with Gasteiger partial charge in [0.05, 0.1) is 13.1 Å². The minimum absolute atomic E-state index is 0.740. The summed E-state index contributed by atoms with van der Waals surface area (Å²) in [5, 5.41) is 0. The maximum atomic E-state index is 6.33. The van der Waals surface area contributed by atoms with E-state index in [0.29, 0.717) is 0 Å². The second-order valence-electron chi connectivity index (χ2n) is 4.37. The molecule has 0 bridgehead atoms. The van der Waals surface area contributed by atoms with E-state index < -0.39 is 0 Å². The van der Waals surface area contributed by atoms with Gasteiger partial charge in [-0.25, -0.2) is 4.59 Å². The molecule has 1 aromatic carbocycles. The third-order valence-corrected chi connectivity index (χ3v) is 3.05. The Bertz CT molecular complexity index is 276. The highest BCUT2D eigenvalue weighted by Gasteiger charge is 2.25. The second kappa shape index (κ2) is 4.11. The fourth-order valence-corrected chi connectivity index (χ4v) is 2.25. The minimum Gasteiger partial charge on any atom is -0.244 e. The first-order chi connectivity index (χ1) is 6.79. The van der Waals surface area contributed by atoms with Gasteiger partial charge in [-0.2, -0.15) is 5.84 Å². The van der Waals surface area contributed by atoms with Crippen molar-refractivity contribution in [2.45, 2.75) is 25.8 Å². The first kappa shape index (κ1) is 9.69.